The quantitative estimate of drug-likeness (QED) is 0.734. The van der Waals surface area contributed by atoms with Crippen LogP contribution in [0.2, 0.25) is 0 Å². The number of anilines is 1. The largest absolute Gasteiger partial charge is 0.323 e. The van der Waals surface area contributed by atoms with Crippen LogP contribution in [0.3, 0.4) is 0 Å². The van der Waals surface area contributed by atoms with Crippen molar-refractivity contribution < 1.29 is 4.79 Å². The molecule has 1 aromatic heterocycles. The lowest BCUT2D eigenvalue weighted by Crippen LogP contribution is -2.07. The van der Waals surface area contributed by atoms with Crippen LogP contribution in [0.5, 0.6) is 0 Å². The van der Waals surface area contributed by atoms with E-state index in [2.05, 4.69) is 39.9 Å². The molecule has 0 spiro atoms. The second-order valence-corrected chi connectivity index (χ2v) is 5.22. The van der Waals surface area contributed by atoms with Gasteiger partial charge in [0.15, 0.2) is 0 Å². The molecule has 24 heavy (non-hydrogen) atoms. The molecular formula is C18H17N5O. The summed E-state index contributed by atoms with van der Waals surface area (Å²) in [6.07, 6.45) is 5.84. The van der Waals surface area contributed by atoms with Crippen LogP contribution in [-0.2, 0) is 11.2 Å². The number of aromatic nitrogens is 4. The number of tetrazole rings is 1. The molecule has 1 N–H and O–H groups in total. The fourth-order valence-electron chi connectivity index (χ4n) is 2.20. The van der Waals surface area contributed by atoms with E-state index >= 15 is 0 Å². The highest BCUT2D eigenvalue weighted by Gasteiger charge is 2.01. The van der Waals surface area contributed by atoms with Gasteiger partial charge in [0.25, 0.3) is 0 Å². The number of rotatable bonds is 5. The molecule has 1 heterocycles. The molecule has 0 atom stereocenters. The third-order valence-electron chi connectivity index (χ3n) is 3.56. The second kappa shape index (κ2) is 7.32. The van der Waals surface area contributed by atoms with Crippen LogP contribution < -0.4 is 5.32 Å². The summed E-state index contributed by atoms with van der Waals surface area (Å²) in [7, 11) is 0. The van der Waals surface area contributed by atoms with Gasteiger partial charge in [-0.2, -0.15) is 0 Å². The molecule has 2 aromatic carbocycles. The van der Waals surface area contributed by atoms with Crippen molar-refractivity contribution in [3.63, 3.8) is 0 Å². The number of carbonyl (C=O) groups excluding carboxylic acids is 1. The Morgan fingerprint density at radius 2 is 1.88 bits per heavy atom. The van der Waals surface area contributed by atoms with Crippen molar-refractivity contribution in [1.82, 2.24) is 20.2 Å². The van der Waals surface area contributed by atoms with Crippen LogP contribution in [0.4, 0.5) is 5.69 Å². The van der Waals surface area contributed by atoms with Crippen molar-refractivity contribution in [2.75, 3.05) is 5.32 Å². The fourth-order valence-corrected chi connectivity index (χ4v) is 2.20. The Labute approximate surface area is 139 Å². The van der Waals surface area contributed by atoms with E-state index in [-0.39, 0.29) is 5.91 Å². The Hall–Kier alpha value is -3.28. The van der Waals surface area contributed by atoms with Crippen LogP contribution in [0.15, 0.2) is 60.9 Å². The first kappa shape index (κ1) is 15.6. The maximum absolute atomic E-state index is 12.0. The van der Waals surface area contributed by atoms with E-state index in [9.17, 15) is 4.79 Å². The van der Waals surface area contributed by atoms with Gasteiger partial charge >= 0.3 is 0 Å². The van der Waals surface area contributed by atoms with Gasteiger partial charge in [-0.05, 0) is 58.3 Å². The molecule has 0 unspecified atom stereocenters. The standard InChI is InChI=1S/C18H17N5O/c1-2-14-3-5-15(6-4-14)7-12-18(24)20-16-8-10-17(11-9-16)23-13-19-21-22-23/h3-13H,2H2,1H3,(H,20,24)/b12-7+. The first-order chi connectivity index (χ1) is 11.7. The van der Waals surface area contributed by atoms with Crippen LogP contribution in [-0.4, -0.2) is 26.1 Å². The molecule has 0 fully saturated rings. The van der Waals surface area contributed by atoms with Crippen molar-refractivity contribution >= 4 is 17.7 Å². The summed E-state index contributed by atoms with van der Waals surface area (Å²) in [5.74, 6) is -0.176. The molecule has 6 heteroatoms. The predicted octanol–water partition coefficient (Wildman–Crippen LogP) is 2.88. The maximum Gasteiger partial charge on any atom is 0.248 e. The Kier molecular flexibility index (Phi) is 4.76. The van der Waals surface area contributed by atoms with Crippen LogP contribution in [0.1, 0.15) is 18.1 Å². The summed E-state index contributed by atoms with van der Waals surface area (Å²) in [5.41, 5.74) is 3.81. The Morgan fingerprint density at radius 1 is 1.12 bits per heavy atom. The summed E-state index contributed by atoms with van der Waals surface area (Å²) >= 11 is 0. The first-order valence-electron chi connectivity index (χ1n) is 7.66. The second-order valence-electron chi connectivity index (χ2n) is 5.22. The Bertz CT molecular complexity index is 821. The molecule has 0 saturated carbocycles. The molecule has 0 aliphatic heterocycles. The average Bonchev–Trinajstić information content (AvgIpc) is 3.16. The van der Waals surface area contributed by atoms with Gasteiger partial charge in [0, 0.05) is 11.8 Å². The third kappa shape index (κ3) is 3.92. The number of carbonyl (C=O) groups is 1. The summed E-state index contributed by atoms with van der Waals surface area (Å²) in [4.78, 5) is 12.0. The molecule has 1 amide bonds. The highest BCUT2D eigenvalue weighted by atomic mass is 16.1. The number of hydrogen-bond donors (Lipinski definition) is 1. The normalized spacial score (nSPS) is 10.9. The molecule has 120 valence electrons. The van der Waals surface area contributed by atoms with Gasteiger partial charge in [-0.1, -0.05) is 31.2 Å². The van der Waals surface area contributed by atoms with E-state index in [1.54, 1.807) is 22.9 Å². The van der Waals surface area contributed by atoms with Crippen molar-refractivity contribution in [3.05, 3.63) is 72.1 Å². The van der Waals surface area contributed by atoms with Gasteiger partial charge in [-0.25, -0.2) is 4.68 Å². The smallest absolute Gasteiger partial charge is 0.248 e. The predicted molar refractivity (Wildman–Crippen MR) is 92.6 cm³/mol. The van der Waals surface area contributed by atoms with E-state index in [0.717, 1.165) is 17.7 Å². The van der Waals surface area contributed by atoms with Crippen molar-refractivity contribution in [1.29, 1.82) is 0 Å². The van der Waals surface area contributed by atoms with Gasteiger partial charge in [0.05, 0.1) is 5.69 Å². The molecular weight excluding hydrogens is 302 g/mol. The number of aryl methyl sites for hydroxylation is 1. The minimum atomic E-state index is -0.176. The first-order valence-corrected chi connectivity index (χ1v) is 7.66. The number of amides is 1. The molecule has 0 aliphatic carbocycles. The zero-order valence-corrected chi connectivity index (χ0v) is 13.3. The van der Waals surface area contributed by atoms with E-state index in [1.165, 1.54) is 18.0 Å². The zero-order valence-electron chi connectivity index (χ0n) is 13.3. The SMILES string of the molecule is CCc1ccc(/C=C/C(=O)Nc2ccc(-n3cnnn3)cc2)cc1. The molecule has 3 rings (SSSR count). The lowest BCUT2D eigenvalue weighted by molar-refractivity contribution is -0.111. The zero-order chi connectivity index (χ0) is 16.8. The molecule has 0 radical (unpaired) electrons. The molecule has 6 nitrogen and oxygen atoms in total. The molecule has 3 aromatic rings. The summed E-state index contributed by atoms with van der Waals surface area (Å²) in [6, 6.07) is 15.4. The highest BCUT2D eigenvalue weighted by Crippen LogP contribution is 2.12. The fraction of sp³-hybridized carbons (Fsp3) is 0.111. The van der Waals surface area contributed by atoms with E-state index < -0.39 is 0 Å². The topological polar surface area (TPSA) is 72.7 Å². The van der Waals surface area contributed by atoms with Crippen LogP contribution >= 0.6 is 0 Å². The Balaban J connectivity index is 1.60. The molecule has 0 saturated heterocycles. The highest BCUT2D eigenvalue weighted by molar-refractivity contribution is 6.01. The number of nitrogens with one attached hydrogen (secondary N) is 1. The van der Waals surface area contributed by atoms with Crippen molar-refractivity contribution in [2.45, 2.75) is 13.3 Å². The summed E-state index contributed by atoms with van der Waals surface area (Å²) < 4.78 is 1.55. The number of hydrogen-bond acceptors (Lipinski definition) is 4. The van der Waals surface area contributed by atoms with Gasteiger partial charge in [0.1, 0.15) is 6.33 Å². The van der Waals surface area contributed by atoms with E-state index in [1.807, 2.05) is 24.3 Å². The Morgan fingerprint density at radius 3 is 2.50 bits per heavy atom. The third-order valence-corrected chi connectivity index (χ3v) is 3.56. The number of nitrogens with zero attached hydrogens (tertiary/aromatic N) is 4. The summed E-state index contributed by atoms with van der Waals surface area (Å²) in [5, 5.41) is 13.8. The lowest BCUT2D eigenvalue weighted by Gasteiger charge is -2.04. The van der Waals surface area contributed by atoms with Crippen molar-refractivity contribution in [3.8, 4) is 5.69 Å². The number of benzene rings is 2. The average molecular weight is 319 g/mol. The van der Waals surface area contributed by atoms with Crippen LogP contribution in [0, 0.1) is 0 Å². The molecule has 0 bridgehead atoms. The maximum atomic E-state index is 12.0. The summed E-state index contributed by atoms with van der Waals surface area (Å²) in [6.45, 7) is 2.11. The van der Waals surface area contributed by atoms with Crippen molar-refractivity contribution in [2.24, 2.45) is 0 Å². The monoisotopic (exact) mass is 319 g/mol. The van der Waals surface area contributed by atoms with E-state index in [4.69, 9.17) is 0 Å². The lowest BCUT2D eigenvalue weighted by atomic mass is 10.1. The van der Waals surface area contributed by atoms with Gasteiger partial charge in [-0.3, -0.25) is 4.79 Å². The van der Waals surface area contributed by atoms with Gasteiger partial charge in [-0.15, -0.1) is 5.10 Å². The minimum Gasteiger partial charge on any atom is -0.323 e. The van der Waals surface area contributed by atoms with Crippen LogP contribution in [0.25, 0.3) is 11.8 Å². The van der Waals surface area contributed by atoms with Gasteiger partial charge < -0.3 is 5.32 Å². The van der Waals surface area contributed by atoms with Gasteiger partial charge in [0.2, 0.25) is 5.91 Å². The minimum absolute atomic E-state index is 0.176. The van der Waals surface area contributed by atoms with E-state index in [0.29, 0.717) is 5.69 Å². The molecule has 0 aliphatic rings.